The zero-order valence-corrected chi connectivity index (χ0v) is 11.3. The highest BCUT2D eigenvalue weighted by atomic mass is 32.2. The number of ether oxygens (including phenoxy) is 1. The van der Waals surface area contributed by atoms with Crippen molar-refractivity contribution >= 4 is 10.0 Å². The molecule has 0 saturated carbocycles. The van der Waals surface area contributed by atoms with Crippen LogP contribution in [-0.2, 0) is 14.8 Å². The van der Waals surface area contributed by atoms with Crippen molar-refractivity contribution < 1.29 is 13.2 Å². The molecule has 5 nitrogen and oxygen atoms in total. The van der Waals surface area contributed by atoms with Crippen molar-refractivity contribution in [1.82, 2.24) is 4.72 Å². The van der Waals surface area contributed by atoms with Crippen LogP contribution < -0.4 is 10.5 Å². The van der Waals surface area contributed by atoms with Gasteiger partial charge in [0.05, 0.1) is 11.9 Å². The third-order valence-corrected chi connectivity index (χ3v) is 4.47. The molecule has 2 unspecified atom stereocenters. The molecule has 0 amide bonds. The second-order valence-corrected chi connectivity index (χ2v) is 6.41. The third-order valence-electron chi connectivity index (χ3n) is 2.97. The number of unbranched alkanes of at least 4 members (excludes halogenated alkanes) is 1. The first-order chi connectivity index (χ1) is 8.07. The Labute approximate surface area is 104 Å². The summed E-state index contributed by atoms with van der Waals surface area (Å²) in [4.78, 5) is 0. The lowest BCUT2D eigenvalue weighted by atomic mass is 10.1. The highest BCUT2D eigenvalue weighted by molar-refractivity contribution is 7.89. The molecule has 0 aromatic rings. The Morgan fingerprint density at radius 3 is 2.82 bits per heavy atom. The van der Waals surface area contributed by atoms with Gasteiger partial charge in [-0.15, -0.1) is 0 Å². The predicted octanol–water partition coefficient (Wildman–Crippen LogP) is 0.602. The molecule has 2 atom stereocenters. The second-order valence-electron chi connectivity index (χ2n) is 4.61. The fourth-order valence-electron chi connectivity index (χ4n) is 2.00. The lowest BCUT2D eigenvalue weighted by Crippen LogP contribution is -2.43. The van der Waals surface area contributed by atoms with E-state index in [2.05, 4.69) is 11.6 Å². The maximum absolute atomic E-state index is 11.9. The van der Waals surface area contributed by atoms with Crippen LogP contribution in [0.3, 0.4) is 0 Å². The minimum absolute atomic E-state index is 0.0651. The fraction of sp³-hybridized carbons (Fsp3) is 1.00. The molecule has 0 aromatic heterocycles. The Morgan fingerprint density at radius 1 is 1.53 bits per heavy atom. The predicted molar refractivity (Wildman–Crippen MR) is 68.3 cm³/mol. The van der Waals surface area contributed by atoms with Gasteiger partial charge in [0.2, 0.25) is 10.0 Å². The molecule has 1 saturated heterocycles. The number of hydrogen-bond donors (Lipinski definition) is 2. The Balaban J connectivity index is 2.39. The zero-order valence-electron chi connectivity index (χ0n) is 10.5. The Bertz CT molecular complexity index is 300. The van der Waals surface area contributed by atoms with E-state index in [9.17, 15) is 8.42 Å². The van der Waals surface area contributed by atoms with Crippen LogP contribution >= 0.6 is 0 Å². The summed E-state index contributed by atoms with van der Waals surface area (Å²) >= 11 is 0. The van der Waals surface area contributed by atoms with Crippen molar-refractivity contribution in [2.24, 2.45) is 5.73 Å². The summed E-state index contributed by atoms with van der Waals surface area (Å²) in [7, 11) is -3.26. The topological polar surface area (TPSA) is 81.4 Å². The fourth-order valence-corrected chi connectivity index (χ4v) is 3.57. The van der Waals surface area contributed by atoms with Gasteiger partial charge in [-0.3, -0.25) is 0 Å². The van der Waals surface area contributed by atoms with Crippen LogP contribution in [0.15, 0.2) is 0 Å². The van der Waals surface area contributed by atoms with E-state index in [1.807, 2.05) is 0 Å². The zero-order chi connectivity index (χ0) is 12.7. The largest absolute Gasteiger partial charge is 0.377 e. The summed E-state index contributed by atoms with van der Waals surface area (Å²) < 4.78 is 31.8. The van der Waals surface area contributed by atoms with Gasteiger partial charge < -0.3 is 10.5 Å². The summed E-state index contributed by atoms with van der Waals surface area (Å²) in [5.74, 6) is 0.0651. The van der Waals surface area contributed by atoms with Gasteiger partial charge in [-0.25, -0.2) is 13.1 Å². The molecule has 1 fully saturated rings. The van der Waals surface area contributed by atoms with Crippen LogP contribution in [0, 0.1) is 0 Å². The standard InChI is InChI=1S/C11H24N2O3S/c1-2-3-5-10(8-12)13-17(14,15)9-11-6-4-7-16-11/h10-11,13H,2-9,12H2,1H3. The van der Waals surface area contributed by atoms with E-state index in [-0.39, 0.29) is 17.9 Å². The van der Waals surface area contributed by atoms with E-state index >= 15 is 0 Å². The monoisotopic (exact) mass is 264 g/mol. The molecule has 1 heterocycles. The van der Waals surface area contributed by atoms with Crippen LogP contribution in [0.25, 0.3) is 0 Å². The van der Waals surface area contributed by atoms with Crippen molar-refractivity contribution in [3.05, 3.63) is 0 Å². The van der Waals surface area contributed by atoms with Gasteiger partial charge in [0.15, 0.2) is 0 Å². The minimum Gasteiger partial charge on any atom is -0.377 e. The molecule has 0 aromatic carbocycles. The molecule has 0 spiro atoms. The van der Waals surface area contributed by atoms with E-state index < -0.39 is 10.0 Å². The average Bonchev–Trinajstić information content (AvgIpc) is 2.75. The maximum Gasteiger partial charge on any atom is 0.214 e. The smallest absolute Gasteiger partial charge is 0.214 e. The van der Waals surface area contributed by atoms with Gasteiger partial charge in [-0.05, 0) is 19.3 Å². The van der Waals surface area contributed by atoms with Crippen molar-refractivity contribution in [3.63, 3.8) is 0 Å². The van der Waals surface area contributed by atoms with Crippen LogP contribution in [0.5, 0.6) is 0 Å². The van der Waals surface area contributed by atoms with Gasteiger partial charge in [0.25, 0.3) is 0 Å². The van der Waals surface area contributed by atoms with Gasteiger partial charge >= 0.3 is 0 Å². The lowest BCUT2D eigenvalue weighted by molar-refractivity contribution is 0.127. The number of hydrogen-bond acceptors (Lipinski definition) is 4. The van der Waals surface area contributed by atoms with Crippen LogP contribution in [-0.4, -0.2) is 39.5 Å². The van der Waals surface area contributed by atoms with Crippen molar-refractivity contribution in [2.45, 2.75) is 51.2 Å². The summed E-state index contributed by atoms with van der Waals surface area (Å²) in [6, 6.07) is -0.138. The summed E-state index contributed by atoms with van der Waals surface area (Å²) in [6.07, 6.45) is 4.49. The molecule has 1 aliphatic rings. The average molecular weight is 264 g/mol. The molecular formula is C11H24N2O3S. The quantitative estimate of drug-likeness (QED) is 0.673. The first-order valence-electron chi connectivity index (χ1n) is 6.39. The number of sulfonamides is 1. The molecule has 0 radical (unpaired) electrons. The Morgan fingerprint density at radius 2 is 2.29 bits per heavy atom. The summed E-state index contributed by atoms with van der Waals surface area (Å²) in [5.41, 5.74) is 5.57. The van der Waals surface area contributed by atoms with E-state index in [1.54, 1.807) is 0 Å². The highest BCUT2D eigenvalue weighted by Gasteiger charge is 2.24. The first kappa shape index (κ1) is 14.9. The van der Waals surface area contributed by atoms with E-state index in [0.717, 1.165) is 32.1 Å². The SMILES string of the molecule is CCCCC(CN)NS(=O)(=O)CC1CCCO1. The molecule has 0 bridgehead atoms. The minimum atomic E-state index is -3.26. The molecule has 1 rings (SSSR count). The summed E-state index contributed by atoms with van der Waals surface area (Å²) in [6.45, 7) is 3.11. The normalized spacial score (nSPS) is 22.8. The maximum atomic E-state index is 11.9. The molecular weight excluding hydrogens is 240 g/mol. The molecule has 102 valence electrons. The third kappa shape index (κ3) is 5.81. The van der Waals surface area contributed by atoms with Crippen LogP contribution in [0.2, 0.25) is 0 Å². The van der Waals surface area contributed by atoms with Gasteiger partial charge in [0.1, 0.15) is 0 Å². The van der Waals surface area contributed by atoms with Crippen molar-refractivity contribution in [1.29, 1.82) is 0 Å². The van der Waals surface area contributed by atoms with Crippen molar-refractivity contribution in [2.75, 3.05) is 18.9 Å². The van der Waals surface area contributed by atoms with Gasteiger partial charge in [-0.1, -0.05) is 19.8 Å². The molecule has 6 heteroatoms. The van der Waals surface area contributed by atoms with E-state index in [1.165, 1.54) is 0 Å². The molecule has 3 N–H and O–H groups in total. The molecule has 0 aliphatic carbocycles. The second kappa shape index (κ2) is 7.31. The van der Waals surface area contributed by atoms with E-state index in [0.29, 0.717) is 13.2 Å². The van der Waals surface area contributed by atoms with E-state index in [4.69, 9.17) is 10.5 Å². The van der Waals surface area contributed by atoms with Gasteiger partial charge in [-0.2, -0.15) is 0 Å². The van der Waals surface area contributed by atoms with Crippen LogP contribution in [0.4, 0.5) is 0 Å². The Hall–Kier alpha value is -0.170. The first-order valence-corrected chi connectivity index (χ1v) is 8.04. The van der Waals surface area contributed by atoms with Gasteiger partial charge in [0, 0.05) is 19.2 Å². The number of nitrogens with two attached hydrogens (primary N) is 1. The molecule has 1 aliphatic heterocycles. The molecule has 17 heavy (non-hydrogen) atoms. The lowest BCUT2D eigenvalue weighted by Gasteiger charge is -2.18. The number of nitrogens with one attached hydrogen (secondary N) is 1. The summed E-state index contributed by atoms with van der Waals surface area (Å²) in [5, 5.41) is 0. The Kier molecular flexibility index (Phi) is 6.40. The van der Waals surface area contributed by atoms with Crippen LogP contribution in [0.1, 0.15) is 39.0 Å². The highest BCUT2D eigenvalue weighted by Crippen LogP contribution is 2.14. The van der Waals surface area contributed by atoms with Crippen molar-refractivity contribution in [3.8, 4) is 0 Å². The number of rotatable bonds is 8.